The normalized spacial score (nSPS) is 10.1. The van der Waals surface area contributed by atoms with Gasteiger partial charge in [-0.2, -0.15) is 0 Å². The van der Waals surface area contributed by atoms with Crippen LogP contribution in [0.25, 0.3) is 0 Å². The molecule has 0 N–H and O–H groups in total. The predicted molar refractivity (Wildman–Crippen MR) is 83.0 cm³/mol. The molecule has 0 unspecified atom stereocenters. The Hall–Kier alpha value is -0.820. The van der Waals surface area contributed by atoms with Gasteiger partial charge in [0.1, 0.15) is 0 Å². The first-order chi connectivity index (χ1) is 8.80. The fourth-order valence-electron chi connectivity index (χ4n) is 1.87. The number of hydrogen-bond donors (Lipinski definition) is 0. The van der Waals surface area contributed by atoms with Crippen LogP contribution in [0.5, 0.6) is 0 Å². The van der Waals surface area contributed by atoms with Gasteiger partial charge in [0.15, 0.2) is 0 Å². The zero-order valence-electron chi connectivity index (χ0n) is 13.0. The van der Waals surface area contributed by atoms with Gasteiger partial charge in [0.25, 0.3) is 0 Å². The lowest BCUT2D eigenvalue weighted by molar-refractivity contribution is 0.275. The van der Waals surface area contributed by atoms with Crippen LogP contribution in [0, 0.1) is 0 Å². The van der Waals surface area contributed by atoms with Crippen molar-refractivity contribution in [2.45, 2.75) is 60.4 Å². The minimum atomic E-state index is 1.10. The molecule has 0 bridgehead atoms. The first-order valence-electron chi connectivity index (χ1n) is 7.60. The molecule has 0 aliphatic heterocycles. The third-order valence-electron chi connectivity index (χ3n) is 3.11. The summed E-state index contributed by atoms with van der Waals surface area (Å²) in [6.07, 6.45) is 3.72. The lowest BCUT2D eigenvalue weighted by Crippen LogP contribution is -2.23. The molecule has 0 saturated carbocycles. The van der Waals surface area contributed by atoms with Crippen molar-refractivity contribution >= 4 is 0 Å². The minimum absolute atomic E-state index is 1.10. The molecule has 1 heteroatoms. The Morgan fingerprint density at radius 3 is 1.89 bits per heavy atom. The van der Waals surface area contributed by atoms with Crippen molar-refractivity contribution in [1.82, 2.24) is 4.90 Å². The Kier molecular flexibility index (Phi) is 10.8. The van der Waals surface area contributed by atoms with E-state index in [1.165, 1.54) is 30.5 Å². The maximum atomic E-state index is 2.52. The summed E-state index contributed by atoms with van der Waals surface area (Å²) < 4.78 is 0. The summed E-state index contributed by atoms with van der Waals surface area (Å²) in [4.78, 5) is 2.52. The summed E-state index contributed by atoms with van der Waals surface area (Å²) in [5.41, 5.74) is 2.87. The molecule has 0 amide bonds. The van der Waals surface area contributed by atoms with Crippen molar-refractivity contribution in [2.75, 3.05) is 13.1 Å². The predicted octanol–water partition coefficient (Wildman–Crippen LogP) is 4.90. The second kappa shape index (κ2) is 11.3. The Morgan fingerprint density at radius 1 is 0.889 bits per heavy atom. The van der Waals surface area contributed by atoms with Gasteiger partial charge in [-0.05, 0) is 37.1 Å². The van der Waals surface area contributed by atoms with Crippen molar-refractivity contribution in [3.05, 3.63) is 35.4 Å². The van der Waals surface area contributed by atoms with Gasteiger partial charge < -0.3 is 0 Å². The largest absolute Gasteiger partial charge is 0.299 e. The summed E-state index contributed by atoms with van der Waals surface area (Å²) in [6, 6.07) is 9.05. The molecule has 0 aromatic heterocycles. The topological polar surface area (TPSA) is 3.24 Å². The van der Waals surface area contributed by atoms with Crippen LogP contribution in [-0.2, 0) is 13.0 Å². The second-order valence-electron chi connectivity index (χ2n) is 4.39. The molecule has 18 heavy (non-hydrogen) atoms. The molecule has 0 atom stereocenters. The third-order valence-corrected chi connectivity index (χ3v) is 3.11. The number of aryl methyl sites for hydroxylation is 1. The number of unbranched alkanes of at least 4 members (excludes halogenated alkanes) is 1. The molecule has 1 nitrogen and oxygen atoms in total. The van der Waals surface area contributed by atoms with E-state index >= 15 is 0 Å². The fourth-order valence-corrected chi connectivity index (χ4v) is 1.87. The smallest absolute Gasteiger partial charge is 0.0233 e. The van der Waals surface area contributed by atoms with Gasteiger partial charge in [-0.25, -0.2) is 0 Å². The van der Waals surface area contributed by atoms with Crippen molar-refractivity contribution in [2.24, 2.45) is 0 Å². The molecule has 0 heterocycles. The molecular formula is C17H31N. The van der Waals surface area contributed by atoms with Gasteiger partial charge in [-0.3, -0.25) is 4.90 Å². The van der Waals surface area contributed by atoms with Gasteiger partial charge in [-0.1, -0.05) is 65.3 Å². The molecule has 0 spiro atoms. The van der Waals surface area contributed by atoms with E-state index in [1.807, 2.05) is 13.8 Å². The lowest BCUT2D eigenvalue weighted by Gasteiger charge is -2.20. The lowest BCUT2D eigenvalue weighted by atomic mass is 10.1. The van der Waals surface area contributed by atoms with E-state index in [0.717, 1.165) is 19.5 Å². The van der Waals surface area contributed by atoms with Crippen molar-refractivity contribution in [3.63, 3.8) is 0 Å². The molecule has 0 saturated heterocycles. The average Bonchev–Trinajstić information content (AvgIpc) is 2.46. The summed E-state index contributed by atoms with van der Waals surface area (Å²) in [5, 5.41) is 0. The van der Waals surface area contributed by atoms with Crippen LogP contribution in [0.4, 0.5) is 0 Å². The molecule has 0 fully saturated rings. The molecule has 0 aliphatic rings. The van der Waals surface area contributed by atoms with Crippen LogP contribution in [0.1, 0.15) is 58.6 Å². The quantitative estimate of drug-likeness (QED) is 0.664. The standard InChI is InChI=1S/C15H25N.C2H6/c1-4-7-12-16(6-3)13-15-10-8-14(5-2)9-11-15;1-2/h8-11H,4-7,12-13H2,1-3H3;1-2H3. The van der Waals surface area contributed by atoms with Crippen molar-refractivity contribution < 1.29 is 0 Å². The Balaban J connectivity index is 0.00000137. The van der Waals surface area contributed by atoms with Gasteiger partial charge in [0, 0.05) is 6.54 Å². The highest BCUT2D eigenvalue weighted by atomic mass is 15.1. The summed E-state index contributed by atoms with van der Waals surface area (Å²) in [5.74, 6) is 0. The molecule has 104 valence electrons. The van der Waals surface area contributed by atoms with Crippen LogP contribution in [0.15, 0.2) is 24.3 Å². The molecule has 1 aromatic rings. The fraction of sp³-hybridized carbons (Fsp3) is 0.647. The zero-order valence-corrected chi connectivity index (χ0v) is 13.0. The summed E-state index contributed by atoms with van der Waals surface area (Å²) >= 11 is 0. The molecule has 0 aliphatic carbocycles. The van der Waals surface area contributed by atoms with Gasteiger partial charge in [0.05, 0.1) is 0 Å². The number of benzene rings is 1. The Labute approximate surface area is 114 Å². The van der Waals surface area contributed by atoms with E-state index in [1.54, 1.807) is 0 Å². The van der Waals surface area contributed by atoms with Crippen molar-refractivity contribution in [1.29, 1.82) is 0 Å². The number of hydrogen-bond acceptors (Lipinski definition) is 1. The monoisotopic (exact) mass is 249 g/mol. The Morgan fingerprint density at radius 2 is 1.44 bits per heavy atom. The first kappa shape index (κ1) is 17.2. The van der Waals surface area contributed by atoms with Gasteiger partial charge in [0.2, 0.25) is 0 Å². The minimum Gasteiger partial charge on any atom is -0.299 e. The van der Waals surface area contributed by atoms with Crippen LogP contribution in [0.2, 0.25) is 0 Å². The van der Waals surface area contributed by atoms with Crippen LogP contribution in [-0.4, -0.2) is 18.0 Å². The van der Waals surface area contributed by atoms with Gasteiger partial charge in [-0.15, -0.1) is 0 Å². The third kappa shape index (κ3) is 6.80. The highest BCUT2D eigenvalue weighted by Crippen LogP contribution is 2.08. The summed E-state index contributed by atoms with van der Waals surface area (Å²) in [6.45, 7) is 14.2. The number of nitrogens with zero attached hydrogens (tertiary/aromatic N) is 1. The van der Waals surface area contributed by atoms with Crippen LogP contribution < -0.4 is 0 Å². The van der Waals surface area contributed by atoms with E-state index in [9.17, 15) is 0 Å². The van der Waals surface area contributed by atoms with E-state index in [2.05, 4.69) is 49.9 Å². The summed E-state index contributed by atoms with van der Waals surface area (Å²) in [7, 11) is 0. The van der Waals surface area contributed by atoms with E-state index in [4.69, 9.17) is 0 Å². The zero-order chi connectivity index (χ0) is 13.8. The maximum Gasteiger partial charge on any atom is 0.0233 e. The molecule has 1 aromatic carbocycles. The van der Waals surface area contributed by atoms with E-state index in [-0.39, 0.29) is 0 Å². The van der Waals surface area contributed by atoms with Crippen LogP contribution in [0.3, 0.4) is 0 Å². The Bertz CT molecular complexity index is 276. The molecule has 0 radical (unpaired) electrons. The average molecular weight is 249 g/mol. The van der Waals surface area contributed by atoms with Crippen LogP contribution >= 0.6 is 0 Å². The molecular weight excluding hydrogens is 218 g/mol. The first-order valence-corrected chi connectivity index (χ1v) is 7.60. The van der Waals surface area contributed by atoms with Gasteiger partial charge >= 0.3 is 0 Å². The molecule has 1 rings (SSSR count). The van der Waals surface area contributed by atoms with Crippen molar-refractivity contribution in [3.8, 4) is 0 Å². The second-order valence-corrected chi connectivity index (χ2v) is 4.39. The SMILES string of the molecule is CC.CCCCN(CC)Cc1ccc(CC)cc1. The maximum absolute atomic E-state index is 2.52. The highest BCUT2D eigenvalue weighted by Gasteiger charge is 2.02. The highest BCUT2D eigenvalue weighted by molar-refractivity contribution is 5.22. The van der Waals surface area contributed by atoms with E-state index < -0.39 is 0 Å². The number of rotatable bonds is 7. The van der Waals surface area contributed by atoms with E-state index in [0.29, 0.717) is 0 Å².